The molecular weight excluding hydrogens is 138 g/mol. The first-order valence-electron chi connectivity index (χ1n) is 1.36. The van der Waals surface area contributed by atoms with Crippen LogP contribution in [0.3, 0.4) is 0 Å². The van der Waals surface area contributed by atoms with Crippen LogP contribution in [0.2, 0.25) is 0 Å². The number of rotatable bonds is 0. The van der Waals surface area contributed by atoms with Gasteiger partial charge in [-0.25, -0.2) is 4.39 Å². The molecule has 0 unspecified atom stereocenters. The molecule has 42 valence electrons. The van der Waals surface area contributed by atoms with Gasteiger partial charge in [0.15, 0.2) is 0 Å². The summed E-state index contributed by atoms with van der Waals surface area (Å²) in [5.74, 6) is 0. The summed E-state index contributed by atoms with van der Waals surface area (Å²) in [5, 5.41) is 0. The molecule has 0 bridgehead atoms. The summed E-state index contributed by atoms with van der Waals surface area (Å²) in [4.78, 5) is 0. The van der Waals surface area contributed by atoms with Crippen molar-refractivity contribution >= 4 is 23.2 Å². The van der Waals surface area contributed by atoms with Crippen molar-refractivity contribution in [3.63, 3.8) is 0 Å². The minimum absolute atomic E-state index is 0.111. The Balaban J connectivity index is 0. The molecule has 0 amide bonds. The van der Waals surface area contributed by atoms with Gasteiger partial charge in [0.25, 0.3) is 0 Å². The first kappa shape index (κ1) is 10.1. The Kier molecular flexibility index (Phi) is 13.5. The third kappa shape index (κ3) is 954000. The Morgan fingerprint density at radius 1 is 1.57 bits per heavy atom. The van der Waals surface area contributed by atoms with Crippen LogP contribution < -0.4 is 0 Å². The van der Waals surface area contributed by atoms with E-state index in [1.54, 1.807) is 0 Å². The molecule has 0 saturated carbocycles. The molecule has 3 heteroatoms. The summed E-state index contributed by atoms with van der Waals surface area (Å²) in [6, 6.07) is 0. The topological polar surface area (TPSA) is 0 Å². The normalized spacial score (nSPS) is 5.57. The van der Waals surface area contributed by atoms with Gasteiger partial charge in [-0.05, 0) is 0 Å². The Labute approximate surface area is 52.2 Å². The molecule has 0 aromatic rings. The van der Waals surface area contributed by atoms with Crippen LogP contribution in [0.4, 0.5) is 4.39 Å². The lowest BCUT2D eigenvalue weighted by atomic mass is 11.2. The third-order valence-electron chi connectivity index (χ3n) is 0. The van der Waals surface area contributed by atoms with Gasteiger partial charge < -0.3 is 0 Å². The first-order valence-corrected chi connectivity index (χ1v) is 2.11. The SMILES string of the molecule is C=C(Cl)Cl.C=CF. The predicted molar refractivity (Wildman–Crippen MR) is 32.2 cm³/mol. The lowest BCUT2D eigenvalue weighted by molar-refractivity contribution is 0.725. The van der Waals surface area contributed by atoms with E-state index in [1.807, 2.05) is 0 Å². The van der Waals surface area contributed by atoms with Crippen molar-refractivity contribution in [2.24, 2.45) is 0 Å². The minimum atomic E-state index is 0.111. The second-order valence-electron chi connectivity index (χ2n) is 0.493. The fourth-order valence-corrected chi connectivity index (χ4v) is 0. The molecular formula is C4H5Cl2F. The van der Waals surface area contributed by atoms with Gasteiger partial charge in [0.1, 0.15) is 0 Å². The summed E-state index contributed by atoms with van der Waals surface area (Å²) in [6.07, 6.45) is 0.250. The quantitative estimate of drug-likeness (QED) is 0.488. The highest BCUT2D eigenvalue weighted by molar-refractivity contribution is 6.55. The zero-order chi connectivity index (χ0) is 6.28. The van der Waals surface area contributed by atoms with E-state index in [0.29, 0.717) is 0 Å². The second-order valence-corrected chi connectivity index (χ2v) is 1.60. The maximum Gasteiger partial charge on any atom is 0.0992 e. The molecule has 0 atom stereocenters. The van der Waals surface area contributed by atoms with Crippen LogP contribution in [0.5, 0.6) is 0 Å². The summed E-state index contributed by atoms with van der Waals surface area (Å²) >= 11 is 9.69. The third-order valence-corrected chi connectivity index (χ3v) is 0. The van der Waals surface area contributed by atoms with Crippen molar-refractivity contribution in [3.05, 3.63) is 24.0 Å². The van der Waals surface area contributed by atoms with Gasteiger partial charge in [-0.2, -0.15) is 0 Å². The monoisotopic (exact) mass is 142 g/mol. The molecule has 0 aliphatic heterocycles. The summed E-state index contributed by atoms with van der Waals surface area (Å²) in [5.41, 5.74) is 0. The van der Waals surface area contributed by atoms with Gasteiger partial charge in [0.05, 0.1) is 10.8 Å². The van der Waals surface area contributed by atoms with E-state index in [2.05, 4.69) is 13.2 Å². The molecule has 0 spiro atoms. The summed E-state index contributed by atoms with van der Waals surface area (Å²) in [6.45, 7) is 5.78. The second kappa shape index (κ2) is 9.37. The van der Waals surface area contributed by atoms with E-state index in [0.717, 1.165) is 0 Å². The van der Waals surface area contributed by atoms with E-state index in [4.69, 9.17) is 23.2 Å². The van der Waals surface area contributed by atoms with Crippen LogP contribution in [-0.2, 0) is 0 Å². The zero-order valence-electron chi connectivity index (χ0n) is 3.63. The molecule has 0 saturated heterocycles. The zero-order valence-corrected chi connectivity index (χ0v) is 5.14. The van der Waals surface area contributed by atoms with Crippen LogP contribution in [0.15, 0.2) is 24.0 Å². The number of hydrogen-bond donors (Lipinski definition) is 0. The number of hydrogen-bond acceptors (Lipinski definition) is 0. The molecule has 0 aliphatic rings. The highest BCUT2D eigenvalue weighted by Gasteiger charge is 1.60. The molecule has 0 rings (SSSR count). The molecule has 0 nitrogen and oxygen atoms in total. The van der Waals surface area contributed by atoms with E-state index >= 15 is 0 Å². The highest BCUT2D eigenvalue weighted by Crippen LogP contribution is 1.98. The van der Waals surface area contributed by atoms with Crippen molar-refractivity contribution in [3.8, 4) is 0 Å². The average molecular weight is 143 g/mol. The molecule has 0 N–H and O–H groups in total. The van der Waals surface area contributed by atoms with Crippen molar-refractivity contribution in [2.75, 3.05) is 0 Å². The molecule has 0 aliphatic carbocycles. The van der Waals surface area contributed by atoms with Crippen LogP contribution >= 0.6 is 23.2 Å². The van der Waals surface area contributed by atoms with Crippen molar-refractivity contribution in [2.45, 2.75) is 0 Å². The fourth-order valence-electron chi connectivity index (χ4n) is 0. The predicted octanol–water partition coefficient (Wildman–Crippen LogP) is 3.03. The largest absolute Gasteiger partial charge is 0.216 e. The van der Waals surface area contributed by atoms with Gasteiger partial charge >= 0.3 is 0 Å². The lowest BCUT2D eigenvalue weighted by Gasteiger charge is -1.57. The Morgan fingerprint density at radius 2 is 1.57 bits per heavy atom. The Bertz CT molecular complexity index is 56.7. The van der Waals surface area contributed by atoms with E-state index in [-0.39, 0.29) is 10.8 Å². The van der Waals surface area contributed by atoms with Crippen molar-refractivity contribution in [1.82, 2.24) is 0 Å². The van der Waals surface area contributed by atoms with Gasteiger partial charge in [-0.1, -0.05) is 36.4 Å². The van der Waals surface area contributed by atoms with Crippen molar-refractivity contribution < 1.29 is 4.39 Å². The van der Waals surface area contributed by atoms with Crippen LogP contribution in [-0.4, -0.2) is 0 Å². The molecule has 0 fully saturated rings. The van der Waals surface area contributed by atoms with Crippen LogP contribution in [0, 0.1) is 0 Å². The smallest absolute Gasteiger partial charge is 0.0992 e. The number of halogens is 3. The minimum Gasteiger partial charge on any atom is -0.216 e. The Hall–Kier alpha value is -0.0100. The molecule has 0 heterocycles. The molecule has 0 aromatic heterocycles. The highest BCUT2D eigenvalue weighted by atomic mass is 35.5. The van der Waals surface area contributed by atoms with Crippen LogP contribution in [0.25, 0.3) is 0 Å². The Morgan fingerprint density at radius 3 is 1.57 bits per heavy atom. The molecule has 7 heavy (non-hydrogen) atoms. The first-order chi connectivity index (χ1) is 3.15. The van der Waals surface area contributed by atoms with Gasteiger partial charge in [-0.3, -0.25) is 0 Å². The molecule has 0 aromatic carbocycles. The van der Waals surface area contributed by atoms with Crippen molar-refractivity contribution in [1.29, 1.82) is 0 Å². The van der Waals surface area contributed by atoms with Crippen LogP contribution in [0.1, 0.15) is 0 Å². The van der Waals surface area contributed by atoms with Gasteiger partial charge in [0, 0.05) is 0 Å². The van der Waals surface area contributed by atoms with Gasteiger partial charge in [0.2, 0.25) is 0 Å². The maximum atomic E-state index is 10.1. The summed E-state index contributed by atoms with van der Waals surface area (Å²) in [7, 11) is 0. The molecule has 0 radical (unpaired) electrons. The van der Waals surface area contributed by atoms with E-state index in [9.17, 15) is 4.39 Å². The van der Waals surface area contributed by atoms with E-state index in [1.165, 1.54) is 0 Å². The average Bonchev–Trinajstić information content (AvgIpc) is 1.33. The fraction of sp³-hybridized carbons (Fsp3) is 0. The standard InChI is InChI=1S/C2H2Cl2.C2H3F/c1-2(3)4;1-2-3/h1H2;2H,1H2. The van der Waals surface area contributed by atoms with Gasteiger partial charge in [-0.15, -0.1) is 0 Å². The summed E-state index contributed by atoms with van der Waals surface area (Å²) < 4.78 is 10.2. The lowest BCUT2D eigenvalue weighted by Crippen LogP contribution is -1.24. The maximum absolute atomic E-state index is 10.1. The van der Waals surface area contributed by atoms with E-state index < -0.39 is 0 Å².